The van der Waals surface area contributed by atoms with Gasteiger partial charge in [0.1, 0.15) is 6.04 Å². The summed E-state index contributed by atoms with van der Waals surface area (Å²) >= 11 is 3.00. The maximum absolute atomic E-state index is 12.4. The van der Waals surface area contributed by atoms with Gasteiger partial charge in [0.2, 0.25) is 0 Å². The van der Waals surface area contributed by atoms with Crippen LogP contribution in [-0.2, 0) is 7.05 Å². The molecule has 1 atom stereocenters. The molecule has 74 valence electrons. The van der Waals surface area contributed by atoms with Gasteiger partial charge in [0, 0.05) is 7.05 Å². The van der Waals surface area contributed by atoms with E-state index in [2.05, 4.69) is 26.2 Å². The highest BCUT2D eigenvalue weighted by molar-refractivity contribution is 9.10. The third-order valence-electron chi connectivity index (χ3n) is 1.55. The number of nitrogens with zero attached hydrogens (tertiary/aromatic N) is 3. The third-order valence-corrected chi connectivity index (χ3v) is 2.12. The third kappa shape index (κ3) is 2.01. The van der Waals surface area contributed by atoms with Crippen molar-refractivity contribution in [3.05, 3.63) is 10.3 Å². The normalized spacial score (nSPS) is 13.7. The number of hydrogen-bond acceptors (Lipinski definition) is 4. The van der Waals surface area contributed by atoms with E-state index in [1.165, 1.54) is 11.7 Å². The molecule has 0 aliphatic heterocycles. The number of rotatable bonds is 3. The van der Waals surface area contributed by atoms with Gasteiger partial charge in [-0.2, -0.15) is 0 Å². The number of alkyl halides is 2. The minimum Gasteiger partial charge on any atom is -0.271 e. The molecule has 1 heterocycles. The van der Waals surface area contributed by atoms with Gasteiger partial charge in [0.15, 0.2) is 4.60 Å². The van der Waals surface area contributed by atoms with Crippen LogP contribution in [0.1, 0.15) is 11.7 Å². The summed E-state index contributed by atoms with van der Waals surface area (Å²) in [6.45, 7) is 0. The molecule has 0 amide bonds. The first-order valence-electron chi connectivity index (χ1n) is 3.37. The fraction of sp³-hybridized carbons (Fsp3) is 0.600. The molecule has 0 aliphatic carbocycles. The van der Waals surface area contributed by atoms with E-state index in [1.807, 2.05) is 5.43 Å². The molecule has 5 nitrogen and oxygen atoms in total. The van der Waals surface area contributed by atoms with Gasteiger partial charge in [-0.15, -0.1) is 5.10 Å². The zero-order valence-corrected chi connectivity index (χ0v) is 8.29. The van der Waals surface area contributed by atoms with Crippen LogP contribution in [0.25, 0.3) is 0 Å². The van der Waals surface area contributed by atoms with E-state index in [4.69, 9.17) is 5.84 Å². The molecule has 0 saturated carbocycles. The molecular weight excluding hydrogens is 248 g/mol. The van der Waals surface area contributed by atoms with Crippen LogP contribution >= 0.6 is 15.9 Å². The highest BCUT2D eigenvalue weighted by Crippen LogP contribution is 2.24. The van der Waals surface area contributed by atoms with Gasteiger partial charge in [-0.3, -0.25) is 5.84 Å². The molecule has 1 rings (SSSR count). The van der Waals surface area contributed by atoms with Gasteiger partial charge in [-0.1, -0.05) is 5.21 Å². The Morgan fingerprint density at radius 2 is 2.23 bits per heavy atom. The van der Waals surface area contributed by atoms with Crippen LogP contribution in [0.5, 0.6) is 0 Å². The largest absolute Gasteiger partial charge is 0.271 e. The van der Waals surface area contributed by atoms with Crippen LogP contribution in [0.2, 0.25) is 0 Å². The van der Waals surface area contributed by atoms with Gasteiger partial charge in [-0.05, 0) is 15.9 Å². The predicted molar refractivity (Wildman–Crippen MR) is 44.8 cm³/mol. The van der Waals surface area contributed by atoms with E-state index in [-0.39, 0.29) is 10.3 Å². The number of aromatic nitrogens is 3. The standard InChI is InChI=1S/C5H8BrF2N5/c1-13-3(4(6)11-12-13)2(10-9)5(7)8/h2,5,10H,9H2,1H3. The van der Waals surface area contributed by atoms with Gasteiger partial charge in [0.25, 0.3) is 6.43 Å². The van der Waals surface area contributed by atoms with Crippen molar-refractivity contribution in [1.29, 1.82) is 0 Å². The highest BCUT2D eigenvalue weighted by atomic mass is 79.9. The Hall–Kier alpha value is -0.600. The summed E-state index contributed by atoms with van der Waals surface area (Å²) in [4.78, 5) is 0. The Labute approximate surface area is 81.4 Å². The Balaban J connectivity index is 3.03. The molecule has 1 aromatic rings. The number of hydrazine groups is 1. The Bertz CT molecular complexity index is 269. The topological polar surface area (TPSA) is 68.8 Å². The molecule has 0 fully saturated rings. The molecule has 3 N–H and O–H groups in total. The second-order valence-electron chi connectivity index (χ2n) is 2.37. The first-order chi connectivity index (χ1) is 6.07. The fourth-order valence-electron chi connectivity index (χ4n) is 0.940. The van der Waals surface area contributed by atoms with Crippen molar-refractivity contribution < 1.29 is 8.78 Å². The molecule has 13 heavy (non-hydrogen) atoms. The lowest BCUT2D eigenvalue weighted by molar-refractivity contribution is 0.0946. The van der Waals surface area contributed by atoms with Crippen LogP contribution in [-0.4, -0.2) is 21.4 Å². The molecule has 0 spiro atoms. The SMILES string of the molecule is Cn1nnc(Br)c1C(NN)C(F)F. The maximum atomic E-state index is 12.4. The summed E-state index contributed by atoms with van der Waals surface area (Å²) in [5, 5.41) is 7.13. The lowest BCUT2D eigenvalue weighted by Crippen LogP contribution is -2.34. The van der Waals surface area contributed by atoms with E-state index in [9.17, 15) is 8.78 Å². The van der Waals surface area contributed by atoms with Crippen molar-refractivity contribution in [3.63, 3.8) is 0 Å². The second-order valence-corrected chi connectivity index (χ2v) is 3.12. The van der Waals surface area contributed by atoms with Crippen LogP contribution in [0.3, 0.4) is 0 Å². The molecular formula is C5H8BrF2N5. The van der Waals surface area contributed by atoms with Gasteiger partial charge in [-0.25, -0.2) is 18.9 Å². The molecule has 0 aromatic carbocycles. The number of halogens is 3. The maximum Gasteiger partial charge on any atom is 0.260 e. The van der Waals surface area contributed by atoms with E-state index in [0.717, 1.165) is 0 Å². The number of aryl methyl sites for hydroxylation is 1. The van der Waals surface area contributed by atoms with Crippen molar-refractivity contribution >= 4 is 15.9 Å². The van der Waals surface area contributed by atoms with E-state index >= 15 is 0 Å². The van der Waals surface area contributed by atoms with E-state index < -0.39 is 12.5 Å². The Kier molecular flexibility index (Phi) is 3.28. The average molecular weight is 256 g/mol. The average Bonchev–Trinajstić information content (AvgIpc) is 2.36. The molecule has 8 heteroatoms. The molecule has 0 aliphatic rings. The minimum atomic E-state index is -2.61. The fourth-order valence-corrected chi connectivity index (χ4v) is 1.51. The highest BCUT2D eigenvalue weighted by Gasteiger charge is 2.27. The first kappa shape index (κ1) is 10.5. The predicted octanol–water partition coefficient (Wildman–Crippen LogP) is 0.347. The monoisotopic (exact) mass is 255 g/mol. The lowest BCUT2D eigenvalue weighted by Gasteiger charge is -2.14. The zero-order valence-electron chi connectivity index (χ0n) is 6.71. The Morgan fingerprint density at radius 3 is 2.54 bits per heavy atom. The smallest absolute Gasteiger partial charge is 0.260 e. The minimum absolute atomic E-state index is 0.220. The van der Waals surface area contributed by atoms with Crippen LogP contribution in [0.15, 0.2) is 4.60 Å². The number of hydrogen-bond donors (Lipinski definition) is 2. The lowest BCUT2D eigenvalue weighted by atomic mass is 10.2. The van der Waals surface area contributed by atoms with Gasteiger partial charge in [0.05, 0.1) is 5.69 Å². The van der Waals surface area contributed by atoms with Gasteiger partial charge >= 0.3 is 0 Å². The Morgan fingerprint density at radius 1 is 1.62 bits per heavy atom. The van der Waals surface area contributed by atoms with Crippen LogP contribution < -0.4 is 11.3 Å². The molecule has 1 aromatic heterocycles. The summed E-state index contributed by atoms with van der Waals surface area (Å²) < 4.78 is 26.3. The summed E-state index contributed by atoms with van der Waals surface area (Å²) in [7, 11) is 1.51. The molecule has 0 saturated heterocycles. The summed E-state index contributed by atoms with van der Waals surface area (Å²) in [6.07, 6.45) is -2.61. The summed E-state index contributed by atoms with van der Waals surface area (Å²) in [5.41, 5.74) is 2.22. The molecule has 1 unspecified atom stereocenters. The van der Waals surface area contributed by atoms with Crippen molar-refractivity contribution in [2.24, 2.45) is 12.9 Å². The van der Waals surface area contributed by atoms with Crippen LogP contribution in [0, 0.1) is 0 Å². The molecule has 0 bridgehead atoms. The quantitative estimate of drug-likeness (QED) is 0.604. The van der Waals surface area contributed by atoms with E-state index in [0.29, 0.717) is 0 Å². The van der Waals surface area contributed by atoms with Crippen molar-refractivity contribution in [2.75, 3.05) is 0 Å². The van der Waals surface area contributed by atoms with Crippen molar-refractivity contribution in [1.82, 2.24) is 20.4 Å². The van der Waals surface area contributed by atoms with Crippen LogP contribution in [0.4, 0.5) is 8.78 Å². The summed E-state index contributed by atoms with van der Waals surface area (Å²) in [5.74, 6) is 4.98. The summed E-state index contributed by atoms with van der Waals surface area (Å²) in [6, 6.07) is -1.27. The zero-order chi connectivity index (χ0) is 10.0. The number of nitrogens with two attached hydrogens (primary N) is 1. The van der Waals surface area contributed by atoms with E-state index in [1.54, 1.807) is 0 Å². The molecule has 0 radical (unpaired) electrons. The number of nitrogens with one attached hydrogen (secondary N) is 1. The first-order valence-corrected chi connectivity index (χ1v) is 4.16. The van der Waals surface area contributed by atoms with Gasteiger partial charge < -0.3 is 0 Å². The van der Waals surface area contributed by atoms with Crippen molar-refractivity contribution in [2.45, 2.75) is 12.5 Å². The second kappa shape index (κ2) is 4.07. The van der Waals surface area contributed by atoms with Crippen molar-refractivity contribution in [3.8, 4) is 0 Å².